The normalized spacial score (nSPS) is 36.9. The number of Topliss-reactive ketones (excluding diaryl/α,β-unsaturated/α-hetero) is 1. The fraction of sp³-hybridized carbons (Fsp3) is 0.833. The molecule has 0 radical (unpaired) electrons. The highest BCUT2D eigenvalue weighted by atomic mass is 16.1. The van der Waals surface area contributed by atoms with E-state index >= 15 is 0 Å². The number of rotatable bonds is 1. The maximum atomic E-state index is 11.5. The molecule has 2 aliphatic carbocycles. The highest BCUT2D eigenvalue weighted by Crippen LogP contribution is 2.43. The Morgan fingerprint density at radius 3 is 2.57 bits per heavy atom. The van der Waals surface area contributed by atoms with Crippen LogP contribution in [0.25, 0.3) is 0 Å². The standard InChI is InChI=1S/C12H17NO/c13-8-12(14)11-7-3-5-9-4-1-2-6-10(9)11/h9-11H,1-7H2. The number of fused-ring (bicyclic) bond motifs is 1. The van der Waals surface area contributed by atoms with Gasteiger partial charge in [0.25, 0.3) is 0 Å². The van der Waals surface area contributed by atoms with E-state index in [0.29, 0.717) is 5.92 Å². The van der Waals surface area contributed by atoms with Gasteiger partial charge in [0.05, 0.1) is 0 Å². The molecule has 2 rings (SSSR count). The van der Waals surface area contributed by atoms with Gasteiger partial charge in [0.15, 0.2) is 0 Å². The van der Waals surface area contributed by atoms with Crippen LogP contribution in [0.1, 0.15) is 44.9 Å². The lowest BCUT2D eigenvalue weighted by atomic mass is 9.64. The van der Waals surface area contributed by atoms with Crippen LogP contribution in [-0.4, -0.2) is 5.78 Å². The average Bonchev–Trinajstić information content (AvgIpc) is 2.27. The molecule has 0 aromatic carbocycles. The van der Waals surface area contributed by atoms with Crippen molar-refractivity contribution in [3.05, 3.63) is 0 Å². The van der Waals surface area contributed by atoms with Gasteiger partial charge in [-0.2, -0.15) is 5.26 Å². The first-order valence-corrected chi connectivity index (χ1v) is 5.77. The number of nitriles is 1. The van der Waals surface area contributed by atoms with Crippen LogP contribution in [0.4, 0.5) is 0 Å². The van der Waals surface area contributed by atoms with E-state index in [2.05, 4.69) is 0 Å². The van der Waals surface area contributed by atoms with E-state index < -0.39 is 0 Å². The van der Waals surface area contributed by atoms with Crippen LogP contribution in [0.2, 0.25) is 0 Å². The number of nitrogens with zero attached hydrogens (tertiary/aromatic N) is 1. The Labute approximate surface area is 85.3 Å². The first-order valence-electron chi connectivity index (χ1n) is 5.77. The van der Waals surface area contributed by atoms with Crippen LogP contribution in [0, 0.1) is 29.1 Å². The van der Waals surface area contributed by atoms with Crippen LogP contribution in [0.15, 0.2) is 0 Å². The number of hydrogen-bond donors (Lipinski definition) is 0. The molecule has 0 heterocycles. The third-order valence-electron chi connectivity index (χ3n) is 4.02. The predicted octanol–water partition coefficient (Wildman–Crippen LogP) is 2.69. The van der Waals surface area contributed by atoms with Crippen LogP contribution < -0.4 is 0 Å². The Morgan fingerprint density at radius 1 is 1.07 bits per heavy atom. The molecule has 0 N–H and O–H groups in total. The Kier molecular flexibility index (Phi) is 2.86. The lowest BCUT2D eigenvalue weighted by molar-refractivity contribution is -0.121. The number of ketones is 1. The molecule has 3 atom stereocenters. The van der Waals surface area contributed by atoms with Crippen LogP contribution in [-0.2, 0) is 4.79 Å². The molecule has 2 fully saturated rings. The maximum absolute atomic E-state index is 11.5. The van der Waals surface area contributed by atoms with E-state index in [1.165, 1.54) is 32.1 Å². The van der Waals surface area contributed by atoms with Gasteiger partial charge in [0, 0.05) is 5.92 Å². The van der Waals surface area contributed by atoms with Gasteiger partial charge in [-0.1, -0.05) is 32.1 Å². The molecule has 2 nitrogen and oxygen atoms in total. The fourth-order valence-electron chi connectivity index (χ4n) is 3.35. The van der Waals surface area contributed by atoms with Gasteiger partial charge in [-0.05, 0) is 24.7 Å². The van der Waals surface area contributed by atoms with E-state index in [1.807, 2.05) is 6.07 Å². The van der Waals surface area contributed by atoms with Crippen molar-refractivity contribution in [1.82, 2.24) is 0 Å². The van der Waals surface area contributed by atoms with E-state index in [-0.39, 0.29) is 11.7 Å². The summed E-state index contributed by atoms with van der Waals surface area (Å²) < 4.78 is 0. The Morgan fingerprint density at radius 2 is 1.79 bits per heavy atom. The van der Waals surface area contributed by atoms with Gasteiger partial charge in [-0.25, -0.2) is 0 Å². The predicted molar refractivity (Wildman–Crippen MR) is 53.4 cm³/mol. The van der Waals surface area contributed by atoms with Crippen molar-refractivity contribution in [1.29, 1.82) is 5.26 Å². The zero-order valence-corrected chi connectivity index (χ0v) is 8.54. The summed E-state index contributed by atoms with van der Waals surface area (Å²) in [5, 5.41) is 8.68. The largest absolute Gasteiger partial charge is 0.282 e. The third-order valence-corrected chi connectivity index (χ3v) is 4.02. The van der Waals surface area contributed by atoms with E-state index in [1.54, 1.807) is 0 Å². The minimum atomic E-state index is -0.151. The highest BCUT2D eigenvalue weighted by molar-refractivity contribution is 5.95. The number of carbonyl (C=O) groups is 1. The Hall–Kier alpha value is -0.840. The molecule has 0 aromatic rings. The maximum Gasteiger partial charge on any atom is 0.235 e. The van der Waals surface area contributed by atoms with Crippen molar-refractivity contribution in [2.24, 2.45) is 17.8 Å². The van der Waals surface area contributed by atoms with Crippen molar-refractivity contribution in [3.8, 4) is 6.07 Å². The topological polar surface area (TPSA) is 40.9 Å². The quantitative estimate of drug-likeness (QED) is 0.598. The molecule has 3 unspecified atom stereocenters. The number of hydrogen-bond acceptors (Lipinski definition) is 2. The SMILES string of the molecule is N#CC(=O)C1CCCC2CCCCC21. The van der Waals surface area contributed by atoms with Gasteiger partial charge in [0.1, 0.15) is 6.07 Å². The Bertz CT molecular complexity index is 264. The highest BCUT2D eigenvalue weighted by Gasteiger charge is 2.38. The third kappa shape index (κ3) is 1.68. The molecular weight excluding hydrogens is 174 g/mol. The molecule has 0 spiro atoms. The summed E-state index contributed by atoms with van der Waals surface area (Å²) in [6.07, 6.45) is 8.47. The summed E-state index contributed by atoms with van der Waals surface area (Å²) in [6, 6.07) is 1.83. The van der Waals surface area contributed by atoms with Gasteiger partial charge < -0.3 is 0 Å². The van der Waals surface area contributed by atoms with E-state index in [0.717, 1.165) is 18.8 Å². The second-order valence-electron chi connectivity index (χ2n) is 4.72. The lowest BCUT2D eigenvalue weighted by Gasteiger charge is -2.39. The molecule has 2 heteroatoms. The molecule has 2 aliphatic rings. The molecular formula is C12H17NO. The van der Waals surface area contributed by atoms with Gasteiger partial charge in [-0.3, -0.25) is 4.79 Å². The van der Waals surface area contributed by atoms with Crippen molar-refractivity contribution < 1.29 is 4.79 Å². The minimum absolute atomic E-state index is 0.0825. The van der Waals surface area contributed by atoms with Crippen molar-refractivity contribution in [2.45, 2.75) is 44.9 Å². The van der Waals surface area contributed by atoms with Crippen LogP contribution in [0.3, 0.4) is 0 Å². The molecule has 2 saturated carbocycles. The molecule has 0 aliphatic heterocycles. The summed E-state index contributed by atoms with van der Waals surface area (Å²) in [4.78, 5) is 11.5. The number of carbonyl (C=O) groups excluding carboxylic acids is 1. The monoisotopic (exact) mass is 191 g/mol. The van der Waals surface area contributed by atoms with Gasteiger partial charge >= 0.3 is 0 Å². The van der Waals surface area contributed by atoms with Crippen molar-refractivity contribution >= 4 is 5.78 Å². The first kappa shape index (κ1) is 9.71. The van der Waals surface area contributed by atoms with Crippen molar-refractivity contribution in [3.63, 3.8) is 0 Å². The lowest BCUT2D eigenvalue weighted by Crippen LogP contribution is -2.34. The second-order valence-corrected chi connectivity index (χ2v) is 4.72. The van der Waals surface area contributed by atoms with Gasteiger partial charge in [-0.15, -0.1) is 0 Å². The zero-order chi connectivity index (χ0) is 9.97. The van der Waals surface area contributed by atoms with Crippen LogP contribution >= 0.6 is 0 Å². The molecule has 0 aromatic heterocycles. The molecule has 0 saturated heterocycles. The summed E-state index contributed by atoms with van der Waals surface area (Å²) in [7, 11) is 0. The summed E-state index contributed by atoms with van der Waals surface area (Å²) >= 11 is 0. The summed E-state index contributed by atoms with van der Waals surface area (Å²) in [5.74, 6) is 1.23. The molecule has 0 bridgehead atoms. The summed E-state index contributed by atoms with van der Waals surface area (Å²) in [6.45, 7) is 0. The first-order chi connectivity index (χ1) is 6.83. The van der Waals surface area contributed by atoms with E-state index in [4.69, 9.17) is 5.26 Å². The molecule has 14 heavy (non-hydrogen) atoms. The molecule has 76 valence electrons. The summed E-state index contributed by atoms with van der Waals surface area (Å²) in [5.41, 5.74) is 0. The Balaban J connectivity index is 2.09. The van der Waals surface area contributed by atoms with Gasteiger partial charge in [0.2, 0.25) is 5.78 Å². The smallest absolute Gasteiger partial charge is 0.235 e. The average molecular weight is 191 g/mol. The minimum Gasteiger partial charge on any atom is -0.282 e. The zero-order valence-electron chi connectivity index (χ0n) is 8.54. The van der Waals surface area contributed by atoms with Crippen LogP contribution in [0.5, 0.6) is 0 Å². The second kappa shape index (κ2) is 4.13. The molecule has 0 amide bonds. The van der Waals surface area contributed by atoms with E-state index in [9.17, 15) is 4.79 Å². The fourth-order valence-corrected chi connectivity index (χ4v) is 3.35. The van der Waals surface area contributed by atoms with Crippen molar-refractivity contribution in [2.75, 3.05) is 0 Å².